The quantitative estimate of drug-likeness (QED) is 0.397. The average Bonchev–Trinajstić information content (AvgIpc) is 2.62. The molecular formula is C25H37N. The van der Waals surface area contributed by atoms with Gasteiger partial charge >= 0.3 is 0 Å². The molecule has 0 radical (unpaired) electrons. The van der Waals surface area contributed by atoms with Crippen molar-refractivity contribution in [1.29, 1.82) is 0 Å². The lowest BCUT2D eigenvalue weighted by Crippen LogP contribution is -2.21. The number of unbranched alkanes of at least 4 members (excludes halogenated alkanes) is 5. The maximum absolute atomic E-state index is 2.56. The van der Waals surface area contributed by atoms with Crippen LogP contribution in [0.3, 0.4) is 0 Å². The highest BCUT2D eigenvalue weighted by atomic mass is 15.1. The molecule has 0 fully saturated rings. The minimum absolute atomic E-state index is 1.09. The van der Waals surface area contributed by atoms with Crippen molar-refractivity contribution in [3.63, 3.8) is 0 Å². The van der Waals surface area contributed by atoms with E-state index in [0.717, 1.165) is 13.0 Å². The van der Waals surface area contributed by atoms with Crippen molar-refractivity contribution in [2.45, 2.75) is 79.6 Å². The lowest BCUT2D eigenvalue weighted by Gasteiger charge is -2.29. The van der Waals surface area contributed by atoms with Gasteiger partial charge in [0, 0.05) is 17.9 Å². The van der Waals surface area contributed by atoms with Crippen molar-refractivity contribution in [2.75, 3.05) is 11.4 Å². The molecule has 2 aromatic rings. The summed E-state index contributed by atoms with van der Waals surface area (Å²) in [5.41, 5.74) is 8.28. The molecule has 0 aliphatic rings. The van der Waals surface area contributed by atoms with Gasteiger partial charge < -0.3 is 4.90 Å². The summed E-state index contributed by atoms with van der Waals surface area (Å²) in [6.07, 6.45) is 9.11. The second-order valence-electron chi connectivity index (χ2n) is 7.69. The van der Waals surface area contributed by atoms with Crippen LogP contribution in [0.2, 0.25) is 0 Å². The van der Waals surface area contributed by atoms with E-state index in [0.29, 0.717) is 0 Å². The third-order valence-electron chi connectivity index (χ3n) is 5.27. The lowest BCUT2D eigenvalue weighted by molar-refractivity contribution is 0.609. The molecule has 2 aromatic carbocycles. The smallest absolute Gasteiger partial charge is 0.0470 e. The lowest BCUT2D eigenvalue weighted by atomic mass is 10.0. The van der Waals surface area contributed by atoms with E-state index in [1.54, 1.807) is 0 Å². The standard InChI is InChI=1S/C25H37N/c1-6-8-9-10-11-12-16-26(24-15-13-14-23(7-2)19-24)25-21(4)17-20(3)18-22(25)5/h13-15,17-19H,6-12,16H2,1-5H3. The fraction of sp³-hybridized carbons (Fsp3) is 0.520. The average molecular weight is 352 g/mol. The third kappa shape index (κ3) is 5.62. The van der Waals surface area contributed by atoms with Gasteiger partial charge in [-0.3, -0.25) is 0 Å². The normalized spacial score (nSPS) is 11.0. The minimum atomic E-state index is 1.09. The molecule has 0 saturated heterocycles. The first-order valence-electron chi connectivity index (χ1n) is 10.5. The zero-order valence-corrected chi connectivity index (χ0v) is 17.6. The number of benzene rings is 2. The van der Waals surface area contributed by atoms with E-state index in [1.807, 2.05) is 0 Å². The SMILES string of the molecule is CCCCCCCCN(c1cccc(CC)c1)c1c(C)cc(C)cc1C. The van der Waals surface area contributed by atoms with Gasteiger partial charge in [0.05, 0.1) is 0 Å². The minimum Gasteiger partial charge on any atom is -0.341 e. The molecular weight excluding hydrogens is 314 g/mol. The van der Waals surface area contributed by atoms with Gasteiger partial charge in [-0.05, 0) is 62.4 Å². The van der Waals surface area contributed by atoms with Crippen molar-refractivity contribution in [3.05, 3.63) is 58.7 Å². The second-order valence-corrected chi connectivity index (χ2v) is 7.69. The van der Waals surface area contributed by atoms with E-state index in [9.17, 15) is 0 Å². The number of aryl methyl sites for hydroxylation is 4. The third-order valence-corrected chi connectivity index (χ3v) is 5.27. The highest BCUT2D eigenvalue weighted by Crippen LogP contribution is 2.33. The first-order chi connectivity index (χ1) is 12.6. The summed E-state index contributed by atoms with van der Waals surface area (Å²) in [4.78, 5) is 2.56. The second kappa shape index (κ2) is 10.4. The molecule has 0 atom stereocenters. The van der Waals surface area contributed by atoms with Crippen LogP contribution in [-0.4, -0.2) is 6.54 Å². The predicted molar refractivity (Wildman–Crippen MR) is 117 cm³/mol. The molecule has 26 heavy (non-hydrogen) atoms. The molecule has 0 saturated carbocycles. The molecule has 0 amide bonds. The molecule has 0 bridgehead atoms. The molecule has 0 spiro atoms. The zero-order chi connectivity index (χ0) is 18.9. The molecule has 0 aliphatic carbocycles. The van der Waals surface area contributed by atoms with Crippen LogP contribution in [0.5, 0.6) is 0 Å². The predicted octanol–water partition coefficient (Wildman–Crippen LogP) is 7.67. The van der Waals surface area contributed by atoms with Crippen LogP contribution in [-0.2, 0) is 6.42 Å². The summed E-state index contributed by atoms with van der Waals surface area (Å²) in [7, 11) is 0. The van der Waals surface area contributed by atoms with Crippen molar-refractivity contribution in [2.24, 2.45) is 0 Å². The summed E-state index contributed by atoms with van der Waals surface area (Å²) in [5, 5.41) is 0. The van der Waals surface area contributed by atoms with Crippen molar-refractivity contribution >= 4 is 11.4 Å². The molecule has 0 aliphatic heterocycles. The van der Waals surface area contributed by atoms with Crippen LogP contribution in [0.25, 0.3) is 0 Å². The molecule has 0 unspecified atom stereocenters. The Morgan fingerprint density at radius 3 is 2.08 bits per heavy atom. The molecule has 0 N–H and O–H groups in total. The molecule has 1 heteroatoms. The Kier molecular flexibility index (Phi) is 8.22. The van der Waals surface area contributed by atoms with E-state index in [4.69, 9.17) is 0 Å². The van der Waals surface area contributed by atoms with E-state index in [-0.39, 0.29) is 0 Å². The van der Waals surface area contributed by atoms with E-state index in [2.05, 4.69) is 75.9 Å². The molecule has 1 nitrogen and oxygen atoms in total. The van der Waals surface area contributed by atoms with Crippen LogP contribution in [0.4, 0.5) is 11.4 Å². The topological polar surface area (TPSA) is 3.24 Å². The van der Waals surface area contributed by atoms with Crippen LogP contribution >= 0.6 is 0 Å². The van der Waals surface area contributed by atoms with E-state index in [1.165, 1.54) is 72.2 Å². The highest BCUT2D eigenvalue weighted by Gasteiger charge is 2.15. The highest BCUT2D eigenvalue weighted by molar-refractivity contribution is 5.70. The number of hydrogen-bond acceptors (Lipinski definition) is 1. The Labute approximate surface area is 161 Å². The fourth-order valence-corrected chi connectivity index (χ4v) is 3.96. The molecule has 142 valence electrons. The zero-order valence-electron chi connectivity index (χ0n) is 17.6. The van der Waals surface area contributed by atoms with Crippen molar-refractivity contribution < 1.29 is 0 Å². The summed E-state index contributed by atoms with van der Waals surface area (Å²) < 4.78 is 0. The Balaban J connectivity index is 2.24. The maximum atomic E-state index is 2.56. The summed E-state index contributed by atoms with van der Waals surface area (Å²) in [5.74, 6) is 0. The van der Waals surface area contributed by atoms with Gasteiger partial charge in [0.25, 0.3) is 0 Å². The van der Waals surface area contributed by atoms with Gasteiger partial charge in [0.1, 0.15) is 0 Å². The van der Waals surface area contributed by atoms with Gasteiger partial charge in [0.15, 0.2) is 0 Å². The molecule has 0 heterocycles. The summed E-state index contributed by atoms with van der Waals surface area (Å²) >= 11 is 0. The number of rotatable bonds is 10. The largest absolute Gasteiger partial charge is 0.341 e. The molecule has 2 rings (SSSR count). The van der Waals surface area contributed by atoms with Crippen LogP contribution in [0.1, 0.15) is 74.6 Å². The Bertz CT molecular complexity index is 663. The van der Waals surface area contributed by atoms with Gasteiger partial charge in [-0.15, -0.1) is 0 Å². The first kappa shape index (κ1) is 20.6. The van der Waals surface area contributed by atoms with Gasteiger partial charge in [-0.2, -0.15) is 0 Å². The fourth-order valence-electron chi connectivity index (χ4n) is 3.96. The summed E-state index contributed by atoms with van der Waals surface area (Å²) in [6.45, 7) is 12.3. The Morgan fingerprint density at radius 2 is 1.42 bits per heavy atom. The molecule has 0 aromatic heterocycles. The van der Waals surface area contributed by atoms with Gasteiger partial charge in [-0.1, -0.05) is 75.8 Å². The summed E-state index contributed by atoms with van der Waals surface area (Å²) in [6, 6.07) is 13.7. The number of anilines is 2. The number of nitrogens with zero attached hydrogens (tertiary/aromatic N) is 1. The van der Waals surface area contributed by atoms with Crippen molar-refractivity contribution in [3.8, 4) is 0 Å². The van der Waals surface area contributed by atoms with E-state index < -0.39 is 0 Å². The van der Waals surface area contributed by atoms with E-state index >= 15 is 0 Å². The Morgan fingerprint density at radius 1 is 0.769 bits per heavy atom. The van der Waals surface area contributed by atoms with Crippen LogP contribution < -0.4 is 4.90 Å². The van der Waals surface area contributed by atoms with Crippen LogP contribution in [0.15, 0.2) is 36.4 Å². The van der Waals surface area contributed by atoms with Gasteiger partial charge in [0.2, 0.25) is 0 Å². The van der Waals surface area contributed by atoms with Crippen molar-refractivity contribution in [1.82, 2.24) is 0 Å². The van der Waals surface area contributed by atoms with Crippen LogP contribution in [0, 0.1) is 20.8 Å². The van der Waals surface area contributed by atoms with Gasteiger partial charge in [-0.25, -0.2) is 0 Å². The first-order valence-corrected chi connectivity index (χ1v) is 10.5. The monoisotopic (exact) mass is 351 g/mol. The maximum Gasteiger partial charge on any atom is 0.0470 e. The Hall–Kier alpha value is -1.76. The number of hydrogen-bond donors (Lipinski definition) is 0.